The van der Waals surface area contributed by atoms with Crippen molar-refractivity contribution in [3.8, 4) is 28.5 Å². The van der Waals surface area contributed by atoms with Crippen molar-refractivity contribution in [1.29, 1.82) is 0 Å². The van der Waals surface area contributed by atoms with E-state index in [2.05, 4.69) is 4.98 Å². The third-order valence-corrected chi connectivity index (χ3v) is 3.64. The first-order chi connectivity index (χ1) is 12.0. The quantitative estimate of drug-likeness (QED) is 0.747. The Morgan fingerprint density at radius 3 is 2.64 bits per heavy atom. The van der Waals surface area contributed by atoms with Crippen LogP contribution in [0.5, 0.6) is 17.4 Å². The maximum atomic E-state index is 12.9. The molecule has 5 heteroatoms. The van der Waals surface area contributed by atoms with Gasteiger partial charge in [0, 0.05) is 12.6 Å². The van der Waals surface area contributed by atoms with Crippen LogP contribution in [0.1, 0.15) is 5.56 Å². The summed E-state index contributed by atoms with van der Waals surface area (Å²) in [6.07, 6.45) is 1.12. The molecule has 1 aromatic heterocycles. The maximum absolute atomic E-state index is 12.9. The van der Waals surface area contributed by atoms with Gasteiger partial charge in [-0.05, 0) is 61.1 Å². The second-order valence-corrected chi connectivity index (χ2v) is 6.02. The van der Waals surface area contributed by atoms with E-state index < -0.39 is 5.82 Å². The SMILES string of the molecule is CN(C)Cc1cc(O)ccc1-c1cccc(Oc2ccc(F)cn2)c1. The van der Waals surface area contributed by atoms with E-state index in [1.807, 2.05) is 49.3 Å². The molecule has 0 aliphatic heterocycles. The molecule has 25 heavy (non-hydrogen) atoms. The highest BCUT2D eigenvalue weighted by Crippen LogP contribution is 2.31. The third-order valence-electron chi connectivity index (χ3n) is 3.64. The second-order valence-electron chi connectivity index (χ2n) is 6.02. The van der Waals surface area contributed by atoms with Crippen LogP contribution in [-0.4, -0.2) is 29.1 Å². The van der Waals surface area contributed by atoms with Crippen molar-refractivity contribution in [2.45, 2.75) is 6.54 Å². The average Bonchev–Trinajstić information content (AvgIpc) is 2.57. The topological polar surface area (TPSA) is 45.6 Å². The van der Waals surface area contributed by atoms with Crippen molar-refractivity contribution in [1.82, 2.24) is 9.88 Å². The maximum Gasteiger partial charge on any atom is 0.219 e. The van der Waals surface area contributed by atoms with Gasteiger partial charge in [0.25, 0.3) is 0 Å². The lowest BCUT2D eigenvalue weighted by atomic mass is 9.99. The Hall–Kier alpha value is -2.92. The number of aromatic nitrogens is 1. The van der Waals surface area contributed by atoms with E-state index >= 15 is 0 Å². The average molecular weight is 338 g/mol. The zero-order chi connectivity index (χ0) is 17.8. The summed E-state index contributed by atoms with van der Waals surface area (Å²) in [5, 5.41) is 9.79. The first-order valence-electron chi connectivity index (χ1n) is 7.88. The number of aromatic hydroxyl groups is 1. The molecular formula is C20H19FN2O2. The summed E-state index contributed by atoms with van der Waals surface area (Å²) >= 11 is 0. The molecule has 0 saturated heterocycles. The van der Waals surface area contributed by atoms with Crippen molar-refractivity contribution >= 4 is 0 Å². The minimum atomic E-state index is -0.404. The molecule has 0 aliphatic carbocycles. The summed E-state index contributed by atoms with van der Waals surface area (Å²) in [5.74, 6) is 0.778. The molecule has 4 nitrogen and oxygen atoms in total. The Kier molecular flexibility index (Phi) is 4.95. The first kappa shape index (κ1) is 16.9. The number of rotatable bonds is 5. The normalized spacial score (nSPS) is 10.9. The highest BCUT2D eigenvalue weighted by atomic mass is 19.1. The van der Waals surface area contributed by atoms with Crippen molar-refractivity contribution in [3.05, 3.63) is 72.2 Å². The molecule has 0 amide bonds. The van der Waals surface area contributed by atoms with Crippen LogP contribution in [0.4, 0.5) is 4.39 Å². The summed E-state index contributed by atoms with van der Waals surface area (Å²) in [5.41, 5.74) is 3.00. The van der Waals surface area contributed by atoms with Crippen LogP contribution in [0.3, 0.4) is 0 Å². The van der Waals surface area contributed by atoms with Gasteiger partial charge in [0.05, 0.1) is 6.20 Å². The molecule has 0 bridgehead atoms. The molecule has 3 rings (SSSR count). The molecule has 128 valence electrons. The zero-order valence-corrected chi connectivity index (χ0v) is 14.1. The van der Waals surface area contributed by atoms with Crippen molar-refractivity contribution in [2.24, 2.45) is 0 Å². The molecule has 0 fully saturated rings. The summed E-state index contributed by atoms with van der Waals surface area (Å²) < 4.78 is 18.7. The number of ether oxygens (including phenoxy) is 1. The van der Waals surface area contributed by atoms with Crippen LogP contribution in [0.25, 0.3) is 11.1 Å². The van der Waals surface area contributed by atoms with Gasteiger partial charge in [0.15, 0.2) is 0 Å². The lowest BCUT2D eigenvalue weighted by Crippen LogP contribution is -2.11. The number of pyridine rings is 1. The van der Waals surface area contributed by atoms with Crippen LogP contribution >= 0.6 is 0 Å². The van der Waals surface area contributed by atoms with Gasteiger partial charge in [-0.1, -0.05) is 18.2 Å². The molecule has 0 atom stereocenters. The van der Waals surface area contributed by atoms with Crippen LogP contribution in [0.15, 0.2) is 60.8 Å². The fourth-order valence-corrected chi connectivity index (χ4v) is 2.60. The molecule has 0 aliphatic rings. The summed E-state index contributed by atoms with van der Waals surface area (Å²) in [4.78, 5) is 5.95. The van der Waals surface area contributed by atoms with Crippen molar-refractivity contribution in [3.63, 3.8) is 0 Å². The van der Waals surface area contributed by atoms with Gasteiger partial charge in [-0.2, -0.15) is 0 Å². The fraction of sp³-hybridized carbons (Fsp3) is 0.150. The standard InChI is InChI=1S/C20H19FN2O2/c1-23(2)13-15-10-17(24)7-8-19(15)14-4-3-5-18(11-14)25-20-9-6-16(21)12-22-20/h3-12,24H,13H2,1-2H3. The van der Waals surface area contributed by atoms with Gasteiger partial charge in [-0.25, -0.2) is 9.37 Å². The van der Waals surface area contributed by atoms with E-state index in [-0.39, 0.29) is 5.75 Å². The molecule has 2 aromatic carbocycles. The molecule has 1 heterocycles. The smallest absolute Gasteiger partial charge is 0.219 e. The van der Waals surface area contributed by atoms with Gasteiger partial charge >= 0.3 is 0 Å². The number of phenols is 1. The monoisotopic (exact) mass is 338 g/mol. The molecule has 3 aromatic rings. The van der Waals surface area contributed by atoms with Crippen LogP contribution in [0.2, 0.25) is 0 Å². The molecule has 0 unspecified atom stereocenters. The molecule has 0 spiro atoms. The Bertz CT molecular complexity index is 864. The van der Waals surface area contributed by atoms with Gasteiger partial charge in [0.2, 0.25) is 5.88 Å². The number of halogens is 1. The minimum Gasteiger partial charge on any atom is -0.508 e. The van der Waals surface area contributed by atoms with Gasteiger partial charge in [-0.3, -0.25) is 0 Å². The lowest BCUT2D eigenvalue weighted by Gasteiger charge is -2.15. The third kappa shape index (κ3) is 4.33. The predicted molar refractivity (Wildman–Crippen MR) is 95.2 cm³/mol. The largest absolute Gasteiger partial charge is 0.508 e. The van der Waals surface area contributed by atoms with E-state index in [0.29, 0.717) is 18.2 Å². The van der Waals surface area contributed by atoms with Crippen LogP contribution in [-0.2, 0) is 6.54 Å². The van der Waals surface area contributed by atoms with E-state index in [1.54, 1.807) is 12.1 Å². The van der Waals surface area contributed by atoms with E-state index in [1.165, 1.54) is 12.1 Å². The number of hydrogen-bond donors (Lipinski definition) is 1. The molecule has 0 saturated carbocycles. The minimum absolute atomic E-state index is 0.239. The second kappa shape index (κ2) is 7.32. The summed E-state index contributed by atoms with van der Waals surface area (Å²) in [6.45, 7) is 0.703. The fourth-order valence-electron chi connectivity index (χ4n) is 2.60. The molecule has 1 N–H and O–H groups in total. The van der Waals surface area contributed by atoms with Gasteiger partial charge in [0.1, 0.15) is 17.3 Å². The first-order valence-corrected chi connectivity index (χ1v) is 7.88. The Balaban J connectivity index is 1.92. The number of nitrogens with zero attached hydrogens (tertiary/aromatic N) is 2. The van der Waals surface area contributed by atoms with Crippen molar-refractivity contribution < 1.29 is 14.2 Å². The van der Waals surface area contributed by atoms with Gasteiger partial charge in [-0.15, -0.1) is 0 Å². The number of benzene rings is 2. The molecular weight excluding hydrogens is 319 g/mol. The van der Waals surface area contributed by atoms with E-state index in [4.69, 9.17) is 4.74 Å². The Morgan fingerprint density at radius 2 is 1.92 bits per heavy atom. The number of hydrogen-bond acceptors (Lipinski definition) is 4. The van der Waals surface area contributed by atoms with Crippen LogP contribution in [0, 0.1) is 5.82 Å². The Labute approximate surface area is 146 Å². The summed E-state index contributed by atoms with van der Waals surface area (Å²) in [6, 6.07) is 15.7. The Morgan fingerprint density at radius 1 is 1.08 bits per heavy atom. The molecule has 0 radical (unpaired) electrons. The van der Waals surface area contributed by atoms with E-state index in [0.717, 1.165) is 22.9 Å². The van der Waals surface area contributed by atoms with Gasteiger partial charge < -0.3 is 14.7 Å². The van der Waals surface area contributed by atoms with Crippen LogP contribution < -0.4 is 4.74 Å². The van der Waals surface area contributed by atoms with Crippen molar-refractivity contribution in [2.75, 3.05) is 14.1 Å². The lowest BCUT2D eigenvalue weighted by molar-refractivity contribution is 0.401. The van der Waals surface area contributed by atoms with E-state index in [9.17, 15) is 9.50 Å². The zero-order valence-electron chi connectivity index (χ0n) is 14.1. The number of phenolic OH excluding ortho intramolecular Hbond substituents is 1. The highest BCUT2D eigenvalue weighted by Gasteiger charge is 2.09. The predicted octanol–water partition coefficient (Wildman–Crippen LogP) is 4.45. The highest BCUT2D eigenvalue weighted by molar-refractivity contribution is 5.69. The summed E-state index contributed by atoms with van der Waals surface area (Å²) in [7, 11) is 3.96.